The summed E-state index contributed by atoms with van der Waals surface area (Å²) in [5, 5.41) is 3.83. The maximum atomic E-state index is 12.6. The van der Waals surface area contributed by atoms with E-state index in [1.807, 2.05) is 13.8 Å². The molecule has 8 heteroatoms. The van der Waals surface area contributed by atoms with Gasteiger partial charge in [-0.05, 0) is 55.7 Å². The molecule has 2 aromatic heterocycles. The Bertz CT molecular complexity index is 1190. The van der Waals surface area contributed by atoms with Gasteiger partial charge in [0, 0.05) is 36.9 Å². The van der Waals surface area contributed by atoms with Gasteiger partial charge >= 0.3 is 5.69 Å². The molecule has 0 unspecified atom stereocenters. The number of nitrogens with one attached hydrogen (secondary N) is 1. The van der Waals surface area contributed by atoms with Gasteiger partial charge in [-0.15, -0.1) is 0 Å². The summed E-state index contributed by atoms with van der Waals surface area (Å²) in [4.78, 5) is 41.5. The molecule has 28 heavy (non-hydrogen) atoms. The minimum absolute atomic E-state index is 0.144. The second-order valence-electron chi connectivity index (χ2n) is 6.76. The minimum Gasteiger partial charge on any atom is -0.326 e. The highest BCUT2D eigenvalue weighted by Gasteiger charge is 2.17. The number of fused-ring (bicyclic) bond motifs is 1. The van der Waals surface area contributed by atoms with E-state index in [9.17, 15) is 14.4 Å². The van der Waals surface area contributed by atoms with Gasteiger partial charge in [0.25, 0.3) is 5.56 Å². The number of anilines is 1. The Morgan fingerprint density at radius 3 is 2.39 bits per heavy atom. The lowest BCUT2D eigenvalue weighted by Crippen LogP contribution is -2.38. The first kappa shape index (κ1) is 19.8. The number of pyridine rings is 1. The number of halogens is 1. The summed E-state index contributed by atoms with van der Waals surface area (Å²) in [7, 11) is 3.04. The third kappa shape index (κ3) is 3.57. The summed E-state index contributed by atoms with van der Waals surface area (Å²) in [6.45, 7) is 3.65. The number of aryl methyl sites for hydroxylation is 3. The molecule has 3 aromatic rings. The van der Waals surface area contributed by atoms with Crippen LogP contribution in [0.15, 0.2) is 33.9 Å². The summed E-state index contributed by atoms with van der Waals surface area (Å²) < 4.78 is 2.44. The monoisotopic (exact) mass is 400 g/mol. The van der Waals surface area contributed by atoms with Gasteiger partial charge in [0.1, 0.15) is 5.65 Å². The summed E-state index contributed by atoms with van der Waals surface area (Å²) in [6, 6.07) is 6.88. The Labute approximate surface area is 166 Å². The van der Waals surface area contributed by atoms with Crippen molar-refractivity contribution < 1.29 is 4.79 Å². The molecule has 146 valence electrons. The molecule has 0 atom stereocenters. The summed E-state index contributed by atoms with van der Waals surface area (Å²) in [6.07, 6.45) is 0.676. The van der Waals surface area contributed by atoms with Crippen molar-refractivity contribution in [1.29, 1.82) is 0 Å². The normalized spacial score (nSPS) is 11.0. The lowest BCUT2D eigenvalue weighted by atomic mass is 10.00. The van der Waals surface area contributed by atoms with Crippen LogP contribution in [0.1, 0.15) is 23.2 Å². The fourth-order valence-corrected chi connectivity index (χ4v) is 3.43. The molecular formula is C20H21ClN4O3. The van der Waals surface area contributed by atoms with E-state index >= 15 is 0 Å². The number of benzene rings is 1. The van der Waals surface area contributed by atoms with Crippen molar-refractivity contribution in [3.05, 3.63) is 66.9 Å². The molecular weight excluding hydrogens is 380 g/mol. The number of hydrogen-bond donors (Lipinski definition) is 1. The molecule has 0 fully saturated rings. The predicted molar refractivity (Wildman–Crippen MR) is 110 cm³/mol. The van der Waals surface area contributed by atoms with Crippen molar-refractivity contribution in [2.45, 2.75) is 26.7 Å². The van der Waals surface area contributed by atoms with Crippen LogP contribution in [0.3, 0.4) is 0 Å². The van der Waals surface area contributed by atoms with Crippen molar-refractivity contribution in [3.63, 3.8) is 0 Å². The van der Waals surface area contributed by atoms with Gasteiger partial charge in [-0.1, -0.05) is 11.6 Å². The summed E-state index contributed by atoms with van der Waals surface area (Å²) in [5.41, 5.74) is 2.52. The van der Waals surface area contributed by atoms with Crippen molar-refractivity contribution in [1.82, 2.24) is 14.1 Å². The number of hydrogen-bond acceptors (Lipinski definition) is 4. The molecule has 0 spiro atoms. The van der Waals surface area contributed by atoms with Gasteiger partial charge in [-0.2, -0.15) is 0 Å². The molecule has 0 radical (unpaired) electrons. The van der Waals surface area contributed by atoms with Crippen LogP contribution in [-0.2, 0) is 25.3 Å². The molecule has 0 saturated carbocycles. The molecule has 1 amide bonds. The van der Waals surface area contributed by atoms with Crippen molar-refractivity contribution in [2.75, 3.05) is 5.32 Å². The van der Waals surface area contributed by atoms with E-state index in [0.29, 0.717) is 33.9 Å². The molecule has 0 aliphatic rings. The molecule has 0 aliphatic heterocycles. The number of carbonyl (C=O) groups is 1. The number of nitrogens with zero attached hydrogens (tertiary/aromatic N) is 3. The number of carbonyl (C=O) groups excluding carboxylic acids is 1. The zero-order valence-corrected chi connectivity index (χ0v) is 16.9. The van der Waals surface area contributed by atoms with Crippen LogP contribution in [0, 0.1) is 13.8 Å². The van der Waals surface area contributed by atoms with E-state index in [-0.39, 0.29) is 17.9 Å². The van der Waals surface area contributed by atoms with E-state index in [1.165, 1.54) is 11.6 Å². The smallest absolute Gasteiger partial charge is 0.326 e. The number of aromatic nitrogens is 3. The first-order valence-corrected chi connectivity index (χ1v) is 9.19. The van der Waals surface area contributed by atoms with Gasteiger partial charge in [0.2, 0.25) is 5.91 Å². The third-order valence-corrected chi connectivity index (χ3v) is 5.15. The molecule has 0 saturated heterocycles. The molecule has 7 nitrogen and oxygen atoms in total. The van der Waals surface area contributed by atoms with Crippen LogP contribution in [-0.4, -0.2) is 20.0 Å². The molecule has 1 aromatic carbocycles. The Kier molecular flexibility index (Phi) is 5.38. The topological polar surface area (TPSA) is 86.0 Å². The van der Waals surface area contributed by atoms with E-state index in [1.54, 1.807) is 31.3 Å². The van der Waals surface area contributed by atoms with Gasteiger partial charge in [-0.25, -0.2) is 9.78 Å². The van der Waals surface area contributed by atoms with E-state index < -0.39 is 5.69 Å². The molecule has 0 aliphatic carbocycles. The SMILES string of the molecule is Cc1nc2c(c(C)c1CCC(=O)Nc1ccc(Cl)cc1)c(=O)n(C)c(=O)n2C. The summed E-state index contributed by atoms with van der Waals surface area (Å²) in [5.74, 6) is -0.144. The second kappa shape index (κ2) is 7.59. The van der Waals surface area contributed by atoms with Crippen molar-refractivity contribution in [3.8, 4) is 0 Å². The zero-order chi connectivity index (χ0) is 20.6. The Morgan fingerprint density at radius 1 is 1.11 bits per heavy atom. The van der Waals surface area contributed by atoms with Gasteiger partial charge in [-0.3, -0.25) is 18.7 Å². The Balaban J connectivity index is 1.91. The largest absolute Gasteiger partial charge is 0.332 e. The average molecular weight is 401 g/mol. The lowest BCUT2D eigenvalue weighted by Gasteiger charge is -2.14. The summed E-state index contributed by atoms with van der Waals surface area (Å²) >= 11 is 5.85. The molecule has 1 N–H and O–H groups in total. The van der Waals surface area contributed by atoms with Gasteiger partial charge < -0.3 is 5.32 Å². The molecule has 0 bridgehead atoms. The predicted octanol–water partition coefficient (Wildman–Crippen LogP) is 2.47. The van der Waals surface area contributed by atoms with Crippen molar-refractivity contribution in [2.24, 2.45) is 14.1 Å². The maximum absolute atomic E-state index is 12.6. The standard InChI is InChI=1S/C20H21ClN4O3/c1-11-15(9-10-16(26)23-14-7-5-13(21)6-8-14)12(2)22-18-17(11)19(27)25(4)20(28)24(18)3/h5-8H,9-10H2,1-4H3,(H,23,26). The van der Waals surface area contributed by atoms with Crippen LogP contribution in [0.25, 0.3) is 11.0 Å². The number of rotatable bonds is 4. The van der Waals surface area contributed by atoms with Crippen molar-refractivity contribution >= 4 is 34.2 Å². The highest BCUT2D eigenvalue weighted by molar-refractivity contribution is 6.30. The Morgan fingerprint density at radius 2 is 1.75 bits per heavy atom. The average Bonchev–Trinajstić information content (AvgIpc) is 2.66. The van der Waals surface area contributed by atoms with Crippen LogP contribution < -0.4 is 16.6 Å². The second-order valence-corrected chi connectivity index (χ2v) is 7.20. The molecule has 3 rings (SSSR count). The fourth-order valence-electron chi connectivity index (χ4n) is 3.30. The lowest BCUT2D eigenvalue weighted by molar-refractivity contribution is -0.116. The molecule has 2 heterocycles. The van der Waals surface area contributed by atoms with E-state index in [0.717, 1.165) is 15.7 Å². The van der Waals surface area contributed by atoms with Crippen LogP contribution in [0.4, 0.5) is 5.69 Å². The van der Waals surface area contributed by atoms with Crippen LogP contribution >= 0.6 is 11.6 Å². The van der Waals surface area contributed by atoms with Crippen LogP contribution in [0.5, 0.6) is 0 Å². The fraction of sp³-hybridized carbons (Fsp3) is 0.300. The van der Waals surface area contributed by atoms with E-state index in [2.05, 4.69) is 10.3 Å². The van der Waals surface area contributed by atoms with Crippen LogP contribution in [0.2, 0.25) is 5.02 Å². The highest BCUT2D eigenvalue weighted by atomic mass is 35.5. The minimum atomic E-state index is -0.418. The zero-order valence-electron chi connectivity index (χ0n) is 16.2. The van der Waals surface area contributed by atoms with E-state index in [4.69, 9.17) is 11.6 Å². The maximum Gasteiger partial charge on any atom is 0.332 e. The Hall–Kier alpha value is -2.93. The highest BCUT2D eigenvalue weighted by Crippen LogP contribution is 2.21. The van der Waals surface area contributed by atoms with Gasteiger partial charge in [0.05, 0.1) is 5.39 Å². The quantitative estimate of drug-likeness (QED) is 0.729. The van der Waals surface area contributed by atoms with Gasteiger partial charge in [0.15, 0.2) is 0 Å². The first-order chi connectivity index (χ1) is 13.2. The third-order valence-electron chi connectivity index (χ3n) is 4.90. The number of amides is 1. The first-order valence-electron chi connectivity index (χ1n) is 8.82.